The molecule has 0 heterocycles. The molecule has 0 atom stereocenters. The second-order valence-corrected chi connectivity index (χ2v) is 6.88. The molecule has 0 unspecified atom stereocenters. The van der Waals surface area contributed by atoms with Crippen LogP contribution in [0.15, 0.2) is 70.9 Å². The van der Waals surface area contributed by atoms with E-state index in [1.165, 1.54) is 23.6 Å². The molecule has 24 heavy (non-hydrogen) atoms. The number of allylic oxidation sites excluding steroid dienone is 11. The molecule has 2 heteroatoms. The van der Waals surface area contributed by atoms with Crippen LogP contribution < -0.4 is 0 Å². The Balaban J connectivity index is 2.67. The Morgan fingerprint density at radius 3 is 2.54 bits per heavy atom. The van der Waals surface area contributed by atoms with Crippen molar-refractivity contribution < 1.29 is 9.53 Å². The van der Waals surface area contributed by atoms with Crippen LogP contribution in [0.2, 0.25) is 0 Å². The average Bonchev–Trinajstić information content (AvgIpc) is 2.45. The molecule has 0 aromatic carbocycles. The van der Waals surface area contributed by atoms with Crippen LogP contribution in [0, 0.1) is 5.41 Å². The molecule has 0 aromatic rings. The molecule has 0 amide bonds. The standard InChI is InChI=1S/C22H30O2/c1-17(9-7-10-18(2)14-16-24-20(4)23)12-13-21-19(3)11-8-15-22(21,5)6/h7-10,12-15H,11,16H2,1-6H3/b10-7+,13-12+,17-9+,18-14+. The summed E-state index contributed by atoms with van der Waals surface area (Å²) in [6, 6.07) is 0. The Hall–Kier alpha value is -2.09. The van der Waals surface area contributed by atoms with Gasteiger partial charge in [-0.1, -0.05) is 73.1 Å². The highest BCUT2D eigenvalue weighted by molar-refractivity contribution is 5.66. The third-order valence-corrected chi connectivity index (χ3v) is 4.04. The zero-order chi connectivity index (χ0) is 18.2. The Kier molecular flexibility index (Phi) is 7.70. The quantitative estimate of drug-likeness (QED) is 0.347. The topological polar surface area (TPSA) is 26.3 Å². The van der Waals surface area contributed by atoms with Gasteiger partial charge >= 0.3 is 5.97 Å². The lowest BCUT2D eigenvalue weighted by molar-refractivity contribution is -0.139. The number of hydrogen-bond acceptors (Lipinski definition) is 2. The van der Waals surface area contributed by atoms with E-state index < -0.39 is 0 Å². The van der Waals surface area contributed by atoms with E-state index >= 15 is 0 Å². The summed E-state index contributed by atoms with van der Waals surface area (Å²) in [5.74, 6) is -0.256. The molecular formula is C22H30O2. The van der Waals surface area contributed by atoms with Gasteiger partial charge in [-0.3, -0.25) is 4.79 Å². The minimum absolute atomic E-state index is 0.102. The molecule has 0 aliphatic heterocycles. The van der Waals surface area contributed by atoms with Gasteiger partial charge in [0.05, 0.1) is 0 Å². The smallest absolute Gasteiger partial charge is 0.302 e. The third kappa shape index (κ3) is 6.99. The monoisotopic (exact) mass is 326 g/mol. The van der Waals surface area contributed by atoms with Crippen molar-refractivity contribution in [3.05, 3.63) is 70.9 Å². The summed E-state index contributed by atoms with van der Waals surface area (Å²) in [6.45, 7) is 12.5. The molecule has 1 aliphatic carbocycles. The summed E-state index contributed by atoms with van der Waals surface area (Å²) in [4.78, 5) is 10.7. The zero-order valence-electron chi connectivity index (χ0n) is 15.8. The van der Waals surface area contributed by atoms with E-state index in [-0.39, 0.29) is 11.4 Å². The van der Waals surface area contributed by atoms with Crippen molar-refractivity contribution in [2.45, 2.75) is 48.0 Å². The van der Waals surface area contributed by atoms with Crippen molar-refractivity contribution >= 4 is 5.97 Å². The van der Waals surface area contributed by atoms with Crippen LogP contribution in [-0.4, -0.2) is 12.6 Å². The normalized spacial score (nSPS) is 18.8. The molecular weight excluding hydrogens is 296 g/mol. The van der Waals surface area contributed by atoms with Crippen LogP contribution in [0.3, 0.4) is 0 Å². The van der Waals surface area contributed by atoms with Crippen molar-refractivity contribution in [1.29, 1.82) is 0 Å². The second kappa shape index (κ2) is 9.27. The van der Waals surface area contributed by atoms with Gasteiger partial charge in [0, 0.05) is 12.3 Å². The summed E-state index contributed by atoms with van der Waals surface area (Å²) < 4.78 is 4.89. The molecule has 0 spiro atoms. The van der Waals surface area contributed by atoms with E-state index in [2.05, 4.69) is 58.1 Å². The van der Waals surface area contributed by atoms with Crippen LogP contribution >= 0.6 is 0 Å². The molecule has 1 aliphatic rings. The van der Waals surface area contributed by atoms with E-state index in [0.717, 1.165) is 12.0 Å². The Bertz CT molecular complexity index is 635. The molecule has 0 saturated heterocycles. The lowest BCUT2D eigenvalue weighted by Gasteiger charge is -2.28. The fraction of sp³-hybridized carbons (Fsp3) is 0.409. The third-order valence-electron chi connectivity index (χ3n) is 4.04. The van der Waals surface area contributed by atoms with Crippen molar-refractivity contribution in [1.82, 2.24) is 0 Å². The van der Waals surface area contributed by atoms with Gasteiger partial charge in [0.15, 0.2) is 0 Å². The lowest BCUT2D eigenvalue weighted by atomic mass is 9.77. The number of carbonyl (C=O) groups excluding carboxylic acids is 1. The highest BCUT2D eigenvalue weighted by atomic mass is 16.5. The zero-order valence-corrected chi connectivity index (χ0v) is 15.8. The summed E-state index contributed by atoms with van der Waals surface area (Å²) in [5.41, 5.74) is 5.21. The molecule has 0 aromatic heterocycles. The van der Waals surface area contributed by atoms with Crippen molar-refractivity contribution in [2.24, 2.45) is 5.41 Å². The molecule has 0 saturated carbocycles. The molecule has 130 valence electrons. The minimum atomic E-state index is -0.256. The molecule has 0 bridgehead atoms. The molecule has 0 radical (unpaired) electrons. The maximum absolute atomic E-state index is 10.7. The van der Waals surface area contributed by atoms with Crippen LogP contribution in [0.5, 0.6) is 0 Å². The molecule has 1 rings (SSSR count). The van der Waals surface area contributed by atoms with Gasteiger partial charge < -0.3 is 4.74 Å². The average molecular weight is 326 g/mol. The van der Waals surface area contributed by atoms with Crippen molar-refractivity contribution in [3.63, 3.8) is 0 Å². The SMILES string of the molecule is CC(=O)OC/C=C(C)/C=C/C=C(C)/C=C/C1=C(C)CC=CC1(C)C. The van der Waals surface area contributed by atoms with Crippen LogP contribution in [0.4, 0.5) is 0 Å². The summed E-state index contributed by atoms with van der Waals surface area (Å²) in [6.07, 6.45) is 18.0. The van der Waals surface area contributed by atoms with Gasteiger partial charge in [-0.15, -0.1) is 0 Å². The summed E-state index contributed by atoms with van der Waals surface area (Å²) in [5, 5.41) is 0. The van der Waals surface area contributed by atoms with Gasteiger partial charge in [-0.2, -0.15) is 0 Å². The van der Waals surface area contributed by atoms with Gasteiger partial charge in [0.25, 0.3) is 0 Å². The number of carbonyl (C=O) groups is 1. The first-order valence-electron chi connectivity index (χ1n) is 8.43. The molecule has 0 N–H and O–H groups in total. The van der Waals surface area contributed by atoms with Gasteiger partial charge in [-0.25, -0.2) is 0 Å². The minimum Gasteiger partial charge on any atom is -0.462 e. The van der Waals surface area contributed by atoms with E-state index in [9.17, 15) is 4.79 Å². The van der Waals surface area contributed by atoms with Crippen LogP contribution in [0.25, 0.3) is 0 Å². The largest absolute Gasteiger partial charge is 0.462 e. The number of hydrogen-bond donors (Lipinski definition) is 0. The van der Waals surface area contributed by atoms with Gasteiger partial charge in [0.2, 0.25) is 0 Å². The van der Waals surface area contributed by atoms with Crippen molar-refractivity contribution in [2.75, 3.05) is 6.61 Å². The predicted molar refractivity (Wildman–Crippen MR) is 103 cm³/mol. The maximum atomic E-state index is 10.7. The Morgan fingerprint density at radius 2 is 1.92 bits per heavy atom. The summed E-state index contributed by atoms with van der Waals surface area (Å²) in [7, 11) is 0. The van der Waals surface area contributed by atoms with E-state index in [1.807, 2.05) is 25.2 Å². The Morgan fingerprint density at radius 1 is 1.21 bits per heavy atom. The van der Waals surface area contributed by atoms with Gasteiger partial charge in [0.1, 0.15) is 6.61 Å². The van der Waals surface area contributed by atoms with Crippen LogP contribution in [0.1, 0.15) is 48.0 Å². The fourth-order valence-electron chi connectivity index (χ4n) is 2.62. The van der Waals surface area contributed by atoms with E-state index in [0.29, 0.717) is 6.61 Å². The fourth-order valence-corrected chi connectivity index (χ4v) is 2.62. The van der Waals surface area contributed by atoms with Gasteiger partial charge in [-0.05, 0) is 38.8 Å². The first-order valence-corrected chi connectivity index (χ1v) is 8.43. The lowest BCUT2D eigenvalue weighted by Crippen LogP contribution is -2.14. The highest BCUT2D eigenvalue weighted by Gasteiger charge is 2.22. The first-order chi connectivity index (χ1) is 11.2. The maximum Gasteiger partial charge on any atom is 0.302 e. The highest BCUT2D eigenvalue weighted by Crippen LogP contribution is 2.36. The number of ether oxygens (including phenoxy) is 1. The second-order valence-electron chi connectivity index (χ2n) is 6.88. The molecule has 0 fully saturated rings. The van der Waals surface area contributed by atoms with E-state index in [4.69, 9.17) is 4.74 Å². The number of rotatable bonds is 6. The molecule has 2 nitrogen and oxygen atoms in total. The summed E-state index contributed by atoms with van der Waals surface area (Å²) >= 11 is 0. The van der Waals surface area contributed by atoms with Crippen LogP contribution in [-0.2, 0) is 9.53 Å². The van der Waals surface area contributed by atoms with Crippen molar-refractivity contribution in [3.8, 4) is 0 Å². The Labute approximate surface area is 147 Å². The number of esters is 1. The van der Waals surface area contributed by atoms with E-state index in [1.54, 1.807) is 0 Å². The predicted octanol–water partition coefficient (Wildman–Crippen LogP) is 5.86. The first kappa shape index (κ1) is 20.0.